The van der Waals surface area contributed by atoms with Crippen molar-refractivity contribution in [3.8, 4) is 5.75 Å². The maximum Gasteiger partial charge on any atom is 0.119 e. The van der Waals surface area contributed by atoms with E-state index in [2.05, 4.69) is 144 Å². The summed E-state index contributed by atoms with van der Waals surface area (Å²) in [6.45, 7) is 13.9. The fourth-order valence-electron chi connectivity index (χ4n) is 5.24. The van der Waals surface area contributed by atoms with E-state index in [1.54, 1.807) is 0 Å². The summed E-state index contributed by atoms with van der Waals surface area (Å²) in [6, 6.07) is 34.8. The van der Waals surface area contributed by atoms with Crippen molar-refractivity contribution in [2.24, 2.45) is 5.41 Å². The smallest absolute Gasteiger partial charge is 0.119 e. The molecule has 40 heavy (non-hydrogen) atoms. The van der Waals surface area contributed by atoms with Gasteiger partial charge in [0.25, 0.3) is 0 Å². The molecule has 0 aromatic heterocycles. The van der Waals surface area contributed by atoms with Crippen molar-refractivity contribution in [3.63, 3.8) is 0 Å². The van der Waals surface area contributed by atoms with Crippen LogP contribution in [0.1, 0.15) is 69.7 Å². The Morgan fingerprint density at radius 3 is 1.55 bits per heavy atom. The number of ether oxygens (including phenoxy) is 1. The van der Waals surface area contributed by atoms with Crippen LogP contribution in [0.3, 0.4) is 0 Å². The number of hydrogen-bond donors (Lipinski definition) is 2. The molecular formula is C36H43NO2S. The number of benzene rings is 4. The van der Waals surface area contributed by atoms with Gasteiger partial charge in [-0.3, -0.25) is 0 Å². The van der Waals surface area contributed by atoms with Gasteiger partial charge in [0, 0.05) is 28.7 Å². The molecule has 3 nitrogen and oxygen atoms in total. The first-order valence-corrected chi connectivity index (χ1v) is 14.7. The van der Waals surface area contributed by atoms with Gasteiger partial charge in [-0.25, -0.2) is 0 Å². The predicted octanol–water partition coefficient (Wildman–Crippen LogP) is 9.43. The minimum Gasteiger partial charge on any atom is -0.491 e. The molecule has 0 amide bonds. The van der Waals surface area contributed by atoms with Crippen molar-refractivity contribution in [2.75, 3.05) is 18.1 Å². The third kappa shape index (κ3) is 7.10. The zero-order chi connectivity index (χ0) is 28.9. The number of anilines is 3. The second kappa shape index (κ2) is 12.5. The van der Waals surface area contributed by atoms with Crippen molar-refractivity contribution in [2.45, 2.75) is 58.6 Å². The fraction of sp³-hybridized carbons (Fsp3) is 0.333. The van der Waals surface area contributed by atoms with Crippen molar-refractivity contribution >= 4 is 29.7 Å². The predicted molar refractivity (Wildman–Crippen MR) is 173 cm³/mol. The third-order valence-corrected chi connectivity index (χ3v) is 7.66. The monoisotopic (exact) mass is 553 g/mol. The van der Waals surface area contributed by atoms with E-state index >= 15 is 0 Å². The third-order valence-electron chi connectivity index (χ3n) is 7.29. The Morgan fingerprint density at radius 1 is 0.675 bits per heavy atom. The van der Waals surface area contributed by atoms with Crippen LogP contribution in [0.5, 0.6) is 5.75 Å². The van der Waals surface area contributed by atoms with Crippen molar-refractivity contribution < 1.29 is 9.84 Å². The molecule has 4 rings (SSSR count). The van der Waals surface area contributed by atoms with Crippen molar-refractivity contribution in [3.05, 3.63) is 119 Å². The van der Waals surface area contributed by atoms with Gasteiger partial charge in [0.05, 0.1) is 6.61 Å². The Hall–Kier alpha value is -3.21. The molecule has 4 heteroatoms. The molecule has 1 atom stereocenters. The molecule has 0 saturated heterocycles. The summed E-state index contributed by atoms with van der Waals surface area (Å²) in [7, 11) is 0. The highest BCUT2D eigenvalue weighted by atomic mass is 32.1. The molecular weight excluding hydrogens is 510 g/mol. The lowest BCUT2D eigenvalue weighted by atomic mass is 9.72. The van der Waals surface area contributed by atoms with Crippen LogP contribution in [0.25, 0.3) is 0 Å². The maximum absolute atomic E-state index is 9.07. The number of nitrogens with zero attached hydrogens (tertiary/aromatic N) is 1. The minimum atomic E-state index is 0.00972. The summed E-state index contributed by atoms with van der Waals surface area (Å²) >= 11 is 4.45. The van der Waals surface area contributed by atoms with Crippen LogP contribution in [-0.4, -0.2) is 18.3 Å². The molecule has 0 bridgehead atoms. The van der Waals surface area contributed by atoms with Gasteiger partial charge >= 0.3 is 0 Å². The summed E-state index contributed by atoms with van der Waals surface area (Å²) in [4.78, 5) is 2.32. The van der Waals surface area contributed by atoms with Crippen LogP contribution in [0.15, 0.2) is 97.1 Å². The summed E-state index contributed by atoms with van der Waals surface area (Å²) in [5, 5.41) is 9.07. The molecule has 0 aliphatic rings. The number of thiol groups is 1. The molecule has 1 N–H and O–H groups in total. The van der Waals surface area contributed by atoms with Gasteiger partial charge in [0.1, 0.15) is 12.4 Å². The Morgan fingerprint density at radius 2 is 1.12 bits per heavy atom. The Labute approximate surface area is 246 Å². The summed E-state index contributed by atoms with van der Waals surface area (Å²) in [6.07, 6.45) is 0. The van der Waals surface area contributed by atoms with Gasteiger partial charge in [-0.2, -0.15) is 12.6 Å². The molecule has 0 aliphatic carbocycles. The lowest BCUT2D eigenvalue weighted by molar-refractivity contribution is 0.201. The molecule has 0 fully saturated rings. The van der Waals surface area contributed by atoms with Gasteiger partial charge in [0.2, 0.25) is 0 Å². The molecule has 0 saturated carbocycles. The first kappa shape index (κ1) is 29.8. The lowest BCUT2D eigenvalue weighted by Gasteiger charge is -2.33. The second-order valence-electron chi connectivity index (χ2n) is 12.5. The fourth-order valence-corrected chi connectivity index (χ4v) is 5.45. The number of rotatable bonds is 9. The van der Waals surface area contributed by atoms with E-state index in [4.69, 9.17) is 9.84 Å². The lowest BCUT2D eigenvalue weighted by Crippen LogP contribution is -2.20. The van der Waals surface area contributed by atoms with Crippen molar-refractivity contribution in [1.29, 1.82) is 0 Å². The van der Waals surface area contributed by atoms with Gasteiger partial charge in [0.15, 0.2) is 0 Å². The highest BCUT2D eigenvalue weighted by molar-refractivity contribution is 7.79. The number of aliphatic hydroxyl groups is 1. The largest absolute Gasteiger partial charge is 0.491 e. The van der Waals surface area contributed by atoms with Gasteiger partial charge in [-0.05, 0) is 81.6 Å². The molecule has 210 valence electrons. The van der Waals surface area contributed by atoms with E-state index in [0.717, 1.165) is 28.6 Å². The van der Waals surface area contributed by atoms with Crippen LogP contribution in [0.4, 0.5) is 17.1 Å². The molecule has 0 spiro atoms. The van der Waals surface area contributed by atoms with E-state index in [1.165, 1.54) is 22.3 Å². The molecule has 4 aromatic carbocycles. The van der Waals surface area contributed by atoms with Crippen molar-refractivity contribution in [1.82, 2.24) is 0 Å². The highest BCUT2D eigenvalue weighted by Crippen LogP contribution is 2.43. The average Bonchev–Trinajstić information content (AvgIpc) is 2.93. The van der Waals surface area contributed by atoms with E-state index in [9.17, 15) is 0 Å². The summed E-state index contributed by atoms with van der Waals surface area (Å²) in [5.41, 5.74) is 8.51. The van der Waals surface area contributed by atoms with Crippen LogP contribution in [-0.2, 0) is 11.2 Å². The maximum atomic E-state index is 9.07. The number of aliphatic hydroxyl groups excluding tert-OH is 1. The van der Waals surface area contributed by atoms with E-state index in [-0.39, 0.29) is 23.4 Å². The Balaban J connectivity index is 1.71. The number of hydrogen-bond acceptors (Lipinski definition) is 4. The summed E-state index contributed by atoms with van der Waals surface area (Å²) < 4.78 is 5.59. The van der Waals surface area contributed by atoms with Crippen LogP contribution in [0.2, 0.25) is 0 Å². The molecule has 0 aliphatic heterocycles. The van der Waals surface area contributed by atoms with Crippen LogP contribution < -0.4 is 9.64 Å². The average molecular weight is 554 g/mol. The first-order valence-electron chi connectivity index (χ1n) is 14.1. The Bertz CT molecular complexity index is 1350. The van der Waals surface area contributed by atoms with E-state index < -0.39 is 0 Å². The zero-order valence-corrected chi connectivity index (χ0v) is 25.6. The first-order chi connectivity index (χ1) is 19.0. The highest BCUT2D eigenvalue weighted by Gasteiger charge is 2.28. The van der Waals surface area contributed by atoms with Gasteiger partial charge < -0.3 is 14.7 Å². The molecule has 4 aromatic rings. The molecule has 1 unspecified atom stereocenters. The summed E-state index contributed by atoms with van der Waals surface area (Å²) in [5.74, 6) is 1.71. The standard InChI is InChI=1S/C36H43NO2S/c1-35(2,3)29-13-19-32(20-14-29)37(30-15-7-26(25-40)8-16-30)31-17-9-27(10-18-31)34(36(4,5)6)28-11-21-33(22-12-28)39-24-23-38/h7-22,34,38,40H,23-25H2,1-6H3. The second-order valence-corrected chi connectivity index (χ2v) is 12.8. The molecule has 0 heterocycles. The van der Waals surface area contributed by atoms with Gasteiger partial charge in [-0.15, -0.1) is 0 Å². The molecule has 0 radical (unpaired) electrons. The van der Waals surface area contributed by atoms with Crippen LogP contribution >= 0.6 is 12.6 Å². The van der Waals surface area contributed by atoms with E-state index in [1.807, 2.05) is 12.1 Å². The van der Waals surface area contributed by atoms with E-state index in [0.29, 0.717) is 6.61 Å². The Kier molecular flexibility index (Phi) is 9.33. The SMILES string of the molecule is CC(C)(C)c1ccc(N(c2ccc(CS)cc2)c2ccc(C(c3ccc(OCCO)cc3)C(C)(C)C)cc2)cc1. The topological polar surface area (TPSA) is 32.7 Å². The van der Waals surface area contributed by atoms with Gasteiger partial charge in [-0.1, -0.05) is 90.1 Å². The quantitative estimate of drug-likeness (QED) is 0.203. The zero-order valence-electron chi connectivity index (χ0n) is 24.7. The van der Waals surface area contributed by atoms with Crippen LogP contribution in [0, 0.1) is 5.41 Å². The normalized spacial score (nSPS) is 12.7. The minimum absolute atomic E-state index is 0.00972.